The molecule has 0 saturated heterocycles. The number of hydrogen-bond acceptors (Lipinski definition) is 2. The highest BCUT2D eigenvalue weighted by molar-refractivity contribution is 6.42. The molecule has 0 aliphatic heterocycles. The third-order valence-electron chi connectivity index (χ3n) is 3.57. The predicted octanol–water partition coefficient (Wildman–Crippen LogP) is 4.22. The Labute approximate surface area is 133 Å². The van der Waals surface area contributed by atoms with Gasteiger partial charge >= 0.3 is 0 Å². The van der Waals surface area contributed by atoms with E-state index in [1.807, 2.05) is 6.92 Å². The summed E-state index contributed by atoms with van der Waals surface area (Å²) in [5, 5.41) is 11.4. The van der Waals surface area contributed by atoms with Crippen LogP contribution in [0.15, 0.2) is 36.4 Å². The maximum absolute atomic E-state index is 13.4. The molecule has 0 amide bonds. The summed E-state index contributed by atoms with van der Waals surface area (Å²) < 4.78 is 13.4. The van der Waals surface area contributed by atoms with Gasteiger partial charge < -0.3 is 10.8 Å². The molecule has 0 radical (unpaired) electrons. The summed E-state index contributed by atoms with van der Waals surface area (Å²) in [5.41, 5.74) is 7.89. The molecule has 0 aliphatic rings. The summed E-state index contributed by atoms with van der Waals surface area (Å²) >= 11 is 11.9. The molecule has 2 atom stereocenters. The van der Waals surface area contributed by atoms with Crippen LogP contribution in [0, 0.1) is 12.7 Å². The fourth-order valence-electron chi connectivity index (χ4n) is 2.34. The summed E-state index contributed by atoms with van der Waals surface area (Å²) in [6, 6.07) is 9.44. The molecule has 112 valence electrons. The van der Waals surface area contributed by atoms with E-state index in [4.69, 9.17) is 28.9 Å². The lowest BCUT2D eigenvalue weighted by molar-refractivity contribution is 0.146. The Balaban J connectivity index is 2.40. The Morgan fingerprint density at radius 1 is 1.14 bits per heavy atom. The van der Waals surface area contributed by atoms with Crippen molar-refractivity contribution in [3.8, 4) is 0 Å². The van der Waals surface area contributed by atoms with Gasteiger partial charge in [0.05, 0.1) is 16.1 Å². The van der Waals surface area contributed by atoms with Gasteiger partial charge in [-0.25, -0.2) is 4.39 Å². The van der Waals surface area contributed by atoms with Gasteiger partial charge in [0.15, 0.2) is 0 Å². The zero-order valence-electron chi connectivity index (χ0n) is 11.5. The number of halogens is 3. The molecular formula is C16H16Cl2FNO. The number of rotatable bonds is 4. The zero-order valence-corrected chi connectivity index (χ0v) is 13.0. The molecule has 2 rings (SSSR count). The van der Waals surface area contributed by atoms with Crippen LogP contribution in [0.25, 0.3) is 0 Å². The maximum Gasteiger partial charge on any atom is 0.123 e. The summed E-state index contributed by atoms with van der Waals surface area (Å²) in [6.45, 7) is 2.02. The van der Waals surface area contributed by atoms with Crippen LogP contribution in [0.5, 0.6) is 0 Å². The number of aliphatic hydroxyl groups excluding tert-OH is 1. The average molecular weight is 328 g/mol. The molecule has 3 N–H and O–H groups in total. The van der Waals surface area contributed by atoms with Gasteiger partial charge in [0.1, 0.15) is 5.82 Å². The molecule has 5 heteroatoms. The summed E-state index contributed by atoms with van der Waals surface area (Å²) in [7, 11) is 0. The second-order valence-corrected chi connectivity index (χ2v) is 5.78. The van der Waals surface area contributed by atoms with Crippen LogP contribution in [-0.2, 0) is 0 Å². The molecule has 21 heavy (non-hydrogen) atoms. The summed E-state index contributed by atoms with van der Waals surface area (Å²) in [6.07, 6.45) is -0.914. The Kier molecular flexibility index (Phi) is 5.22. The van der Waals surface area contributed by atoms with E-state index in [0.717, 1.165) is 11.1 Å². The van der Waals surface area contributed by atoms with Crippen LogP contribution >= 0.6 is 23.2 Å². The van der Waals surface area contributed by atoms with Gasteiger partial charge in [0.2, 0.25) is 0 Å². The first-order valence-electron chi connectivity index (χ1n) is 6.53. The smallest absolute Gasteiger partial charge is 0.123 e. The van der Waals surface area contributed by atoms with Crippen molar-refractivity contribution in [2.24, 2.45) is 5.73 Å². The SMILES string of the molecule is Cc1ccc(F)cc1C(O)C(CN)c1ccc(Cl)c(Cl)c1. The lowest BCUT2D eigenvalue weighted by atomic mass is 9.87. The minimum absolute atomic E-state index is 0.203. The van der Waals surface area contributed by atoms with E-state index < -0.39 is 6.10 Å². The van der Waals surface area contributed by atoms with E-state index in [-0.39, 0.29) is 18.3 Å². The number of aryl methyl sites for hydroxylation is 1. The van der Waals surface area contributed by atoms with Gasteiger partial charge in [-0.1, -0.05) is 35.3 Å². The molecule has 2 aromatic carbocycles. The first-order chi connectivity index (χ1) is 9.93. The monoisotopic (exact) mass is 327 g/mol. The predicted molar refractivity (Wildman–Crippen MR) is 84.4 cm³/mol. The lowest BCUT2D eigenvalue weighted by Gasteiger charge is -2.24. The van der Waals surface area contributed by atoms with Crippen molar-refractivity contribution in [1.29, 1.82) is 0 Å². The first-order valence-corrected chi connectivity index (χ1v) is 7.28. The summed E-state index contributed by atoms with van der Waals surface area (Å²) in [4.78, 5) is 0. The number of aliphatic hydroxyl groups is 1. The van der Waals surface area contributed by atoms with Crippen molar-refractivity contribution < 1.29 is 9.50 Å². The van der Waals surface area contributed by atoms with Crippen molar-refractivity contribution >= 4 is 23.2 Å². The van der Waals surface area contributed by atoms with Crippen molar-refractivity contribution in [2.75, 3.05) is 6.54 Å². The van der Waals surface area contributed by atoms with Crippen molar-refractivity contribution in [2.45, 2.75) is 18.9 Å². The Morgan fingerprint density at radius 3 is 2.48 bits per heavy atom. The Bertz CT molecular complexity index is 648. The molecule has 0 aliphatic carbocycles. The van der Waals surface area contributed by atoms with Crippen molar-refractivity contribution in [1.82, 2.24) is 0 Å². The quantitative estimate of drug-likeness (QED) is 0.883. The molecule has 0 saturated carbocycles. The van der Waals surface area contributed by atoms with Gasteiger partial charge in [0, 0.05) is 12.5 Å². The molecule has 0 spiro atoms. The van der Waals surface area contributed by atoms with Crippen molar-refractivity contribution in [3.63, 3.8) is 0 Å². The van der Waals surface area contributed by atoms with Gasteiger partial charge in [-0.3, -0.25) is 0 Å². The van der Waals surface area contributed by atoms with E-state index in [2.05, 4.69) is 0 Å². The van der Waals surface area contributed by atoms with Crippen LogP contribution < -0.4 is 5.73 Å². The molecule has 0 aromatic heterocycles. The van der Waals surface area contributed by atoms with Gasteiger partial charge in [0.25, 0.3) is 0 Å². The fraction of sp³-hybridized carbons (Fsp3) is 0.250. The lowest BCUT2D eigenvalue weighted by Crippen LogP contribution is -2.21. The first kappa shape index (κ1) is 16.2. The van der Waals surface area contributed by atoms with Crippen LogP contribution in [-0.4, -0.2) is 11.7 Å². The largest absolute Gasteiger partial charge is 0.388 e. The zero-order chi connectivity index (χ0) is 15.6. The second-order valence-electron chi connectivity index (χ2n) is 4.96. The maximum atomic E-state index is 13.4. The Morgan fingerprint density at radius 2 is 1.86 bits per heavy atom. The molecule has 0 bridgehead atoms. The summed E-state index contributed by atoms with van der Waals surface area (Å²) in [5.74, 6) is -0.778. The van der Waals surface area contributed by atoms with Crippen LogP contribution in [0.3, 0.4) is 0 Å². The van der Waals surface area contributed by atoms with E-state index >= 15 is 0 Å². The normalized spacial score (nSPS) is 14.0. The fourth-order valence-corrected chi connectivity index (χ4v) is 2.64. The van der Waals surface area contributed by atoms with Crippen LogP contribution in [0.2, 0.25) is 10.0 Å². The van der Waals surface area contributed by atoms with Crippen molar-refractivity contribution in [3.05, 3.63) is 69.0 Å². The average Bonchev–Trinajstić information content (AvgIpc) is 2.46. The third kappa shape index (κ3) is 3.55. The number of nitrogens with two attached hydrogens (primary N) is 1. The minimum Gasteiger partial charge on any atom is -0.388 e. The van der Waals surface area contributed by atoms with Gasteiger partial charge in [-0.05, 0) is 47.9 Å². The highest BCUT2D eigenvalue weighted by Gasteiger charge is 2.24. The highest BCUT2D eigenvalue weighted by Crippen LogP contribution is 2.34. The molecule has 0 fully saturated rings. The molecule has 2 aromatic rings. The van der Waals surface area contributed by atoms with E-state index in [0.29, 0.717) is 15.6 Å². The van der Waals surface area contributed by atoms with E-state index in [9.17, 15) is 9.50 Å². The van der Waals surface area contributed by atoms with E-state index in [1.165, 1.54) is 12.1 Å². The molecule has 2 nitrogen and oxygen atoms in total. The highest BCUT2D eigenvalue weighted by atomic mass is 35.5. The topological polar surface area (TPSA) is 46.2 Å². The Hall–Kier alpha value is -1.13. The van der Waals surface area contributed by atoms with E-state index in [1.54, 1.807) is 24.3 Å². The minimum atomic E-state index is -0.914. The molecule has 2 unspecified atom stereocenters. The van der Waals surface area contributed by atoms with Gasteiger partial charge in [-0.15, -0.1) is 0 Å². The third-order valence-corrected chi connectivity index (χ3v) is 4.31. The number of hydrogen-bond donors (Lipinski definition) is 2. The number of benzene rings is 2. The van der Waals surface area contributed by atoms with Crippen LogP contribution in [0.1, 0.15) is 28.7 Å². The molecular weight excluding hydrogens is 312 g/mol. The second kappa shape index (κ2) is 6.75. The molecule has 0 heterocycles. The van der Waals surface area contributed by atoms with Crippen LogP contribution in [0.4, 0.5) is 4.39 Å². The standard InChI is InChI=1S/C16H16Cl2FNO/c1-9-2-4-11(19)7-12(9)16(21)13(8-20)10-3-5-14(17)15(18)6-10/h2-7,13,16,21H,8,20H2,1H3. The van der Waals surface area contributed by atoms with Gasteiger partial charge in [-0.2, -0.15) is 0 Å².